The Balaban J connectivity index is 1.58. The van der Waals surface area contributed by atoms with Crippen LogP contribution in [0.25, 0.3) is 0 Å². The lowest BCUT2D eigenvalue weighted by molar-refractivity contribution is 0.0861. The monoisotopic (exact) mass is 390 g/mol. The lowest BCUT2D eigenvalue weighted by Gasteiger charge is -2.10. The summed E-state index contributed by atoms with van der Waals surface area (Å²) in [4.78, 5) is 24.9. The Labute approximate surface area is 161 Å². The molecule has 1 saturated heterocycles. The van der Waals surface area contributed by atoms with Gasteiger partial charge in [0.15, 0.2) is 5.69 Å². The van der Waals surface area contributed by atoms with Gasteiger partial charge in [-0.1, -0.05) is 12.1 Å². The first-order chi connectivity index (χ1) is 13.1. The smallest absolute Gasteiger partial charge is 0.273 e. The van der Waals surface area contributed by atoms with Crippen molar-refractivity contribution in [2.75, 3.05) is 26.0 Å². The molecule has 1 aliphatic rings. The Bertz CT molecular complexity index is 817. The number of hydrogen-bond acceptors (Lipinski definition) is 7. The number of nitrogens with two attached hydrogens (primary N) is 1. The Morgan fingerprint density at radius 3 is 2.96 bits per heavy atom. The van der Waals surface area contributed by atoms with Crippen molar-refractivity contribution in [3.63, 3.8) is 0 Å². The summed E-state index contributed by atoms with van der Waals surface area (Å²) in [5, 5.41) is 5.54. The molecule has 0 aliphatic carbocycles. The van der Waals surface area contributed by atoms with Crippen LogP contribution in [0, 0.1) is 0 Å². The number of carbonyl (C=O) groups is 2. The molecule has 8 nitrogen and oxygen atoms in total. The molecular weight excluding hydrogens is 368 g/mol. The summed E-state index contributed by atoms with van der Waals surface area (Å²) in [6, 6.07) is 7.37. The summed E-state index contributed by atoms with van der Waals surface area (Å²) in [6.45, 7) is 1.45. The van der Waals surface area contributed by atoms with E-state index < -0.39 is 5.91 Å². The van der Waals surface area contributed by atoms with Crippen LogP contribution in [0.5, 0.6) is 5.75 Å². The maximum Gasteiger partial charge on any atom is 0.273 e. The minimum atomic E-state index is -0.426. The first-order valence-corrected chi connectivity index (χ1v) is 9.42. The fourth-order valence-electron chi connectivity index (χ4n) is 2.77. The number of hydrogen-bond donors (Lipinski definition) is 3. The van der Waals surface area contributed by atoms with Gasteiger partial charge in [0, 0.05) is 19.7 Å². The molecule has 4 N–H and O–H groups in total. The summed E-state index contributed by atoms with van der Waals surface area (Å²) in [5.41, 5.74) is 7.01. The van der Waals surface area contributed by atoms with Gasteiger partial charge >= 0.3 is 0 Å². The molecule has 3 rings (SSSR count). The molecule has 2 amide bonds. The minimum absolute atomic E-state index is 0.0359. The van der Waals surface area contributed by atoms with Gasteiger partial charge in [-0.05, 0) is 42.1 Å². The average molecular weight is 390 g/mol. The first-order valence-electron chi connectivity index (χ1n) is 8.64. The number of carbonyl (C=O) groups excluding carboxylic acids is 2. The molecule has 144 valence electrons. The standard InChI is InChI=1S/C18H22N4O4S/c1-25-12-5-2-4-11(8-12)9-20-17(23)15-14(19)16(27-22-15)18(24)21-10-13-6-3-7-26-13/h2,4-5,8,13H,3,6-7,9-10,19H2,1H3,(H,20,23)(H,21,24)/t13-/m0/s1. The third-order valence-electron chi connectivity index (χ3n) is 4.25. The van der Waals surface area contributed by atoms with Crippen LogP contribution in [0.3, 0.4) is 0 Å². The highest BCUT2D eigenvalue weighted by Crippen LogP contribution is 2.22. The van der Waals surface area contributed by atoms with E-state index in [-0.39, 0.29) is 28.3 Å². The largest absolute Gasteiger partial charge is 0.497 e. The maximum absolute atomic E-state index is 12.4. The Morgan fingerprint density at radius 2 is 2.22 bits per heavy atom. The zero-order valence-corrected chi connectivity index (χ0v) is 15.8. The van der Waals surface area contributed by atoms with Gasteiger partial charge in [0.2, 0.25) is 0 Å². The molecule has 1 aromatic heterocycles. The molecule has 27 heavy (non-hydrogen) atoms. The van der Waals surface area contributed by atoms with E-state index in [0.717, 1.165) is 36.5 Å². The van der Waals surface area contributed by atoms with E-state index in [4.69, 9.17) is 15.2 Å². The third-order valence-corrected chi connectivity index (χ3v) is 5.11. The number of ether oxygens (including phenoxy) is 2. The summed E-state index contributed by atoms with van der Waals surface area (Å²) in [7, 11) is 1.58. The summed E-state index contributed by atoms with van der Waals surface area (Å²) >= 11 is 0.914. The van der Waals surface area contributed by atoms with Gasteiger partial charge in [0.05, 0.1) is 18.9 Å². The van der Waals surface area contributed by atoms with Crippen LogP contribution in [0.4, 0.5) is 5.69 Å². The van der Waals surface area contributed by atoms with E-state index in [2.05, 4.69) is 15.0 Å². The number of nitrogen functional groups attached to an aromatic ring is 1. The highest BCUT2D eigenvalue weighted by molar-refractivity contribution is 7.09. The van der Waals surface area contributed by atoms with Crippen molar-refractivity contribution in [2.45, 2.75) is 25.5 Å². The van der Waals surface area contributed by atoms with Crippen molar-refractivity contribution in [1.82, 2.24) is 15.0 Å². The topological polar surface area (TPSA) is 116 Å². The average Bonchev–Trinajstić information content (AvgIpc) is 3.34. The van der Waals surface area contributed by atoms with Crippen molar-refractivity contribution >= 4 is 29.0 Å². The molecule has 2 aromatic rings. The lowest BCUT2D eigenvalue weighted by Crippen LogP contribution is -2.31. The molecule has 0 bridgehead atoms. The third kappa shape index (κ3) is 4.75. The molecular formula is C18H22N4O4S. The molecule has 2 heterocycles. The van der Waals surface area contributed by atoms with Gasteiger partial charge in [-0.15, -0.1) is 0 Å². The maximum atomic E-state index is 12.4. The lowest BCUT2D eigenvalue weighted by atomic mass is 10.2. The molecule has 1 aromatic carbocycles. The predicted octanol–water partition coefficient (Wildman–Crippen LogP) is 1.57. The second-order valence-corrected chi connectivity index (χ2v) is 6.93. The predicted molar refractivity (Wildman–Crippen MR) is 102 cm³/mol. The second-order valence-electron chi connectivity index (χ2n) is 6.15. The molecule has 1 fully saturated rings. The van der Waals surface area contributed by atoms with E-state index in [1.54, 1.807) is 7.11 Å². The second kappa shape index (κ2) is 8.83. The van der Waals surface area contributed by atoms with Crippen LogP contribution in [0.2, 0.25) is 0 Å². The fraction of sp³-hybridized carbons (Fsp3) is 0.389. The van der Waals surface area contributed by atoms with Gasteiger partial charge < -0.3 is 25.8 Å². The van der Waals surface area contributed by atoms with E-state index in [1.165, 1.54) is 0 Å². The zero-order valence-electron chi connectivity index (χ0n) is 15.0. The van der Waals surface area contributed by atoms with E-state index >= 15 is 0 Å². The summed E-state index contributed by atoms with van der Waals surface area (Å²) in [6.07, 6.45) is 1.96. The molecule has 0 saturated carbocycles. The van der Waals surface area contributed by atoms with Crippen molar-refractivity contribution in [2.24, 2.45) is 0 Å². The first kappa shape index (κ1) is 19.1. The molecule has 1 atom stereocenters. The van der Waals surface area contributed by atoms with E-state index in [1.807, 2.05) is 24.3 Å². The number of nitrogens with one attached hydrogen (secondary N) is 2. The Hall–Kier alpha value is -2.65. The van der Waals surface area contributed by atoms with Crippen molar-refractivity contribution in [3.8, 4) is 5.75 Å². The molecule has 0 spiro atoms. The SMILES string of the molecule is COc1cccc(CNC(=O)c2nsc(C(=O)NC[C@@H]3CCCO3)c2N)c1. The van der Waals surface area contributed by atoms with Crippen LogP contribution in [0.15, 0.2) is 24.3 Å². The molecule has 0 unspecified atom stereocenters. The van der Waals surface area contributed by atoms with E-state index in [9.17, 15) is 9.59 Å². The quantitative estimate of drug-likeness (QED) is 0.661. The molecule has 1 aliphatic heterocycles. The number of anilines is 1. The van der Waals surface area contributed by atoms with Gasteiger partial charge in [-0.3, -0.25) is 9.59 Å². The highest BCUT2D eigenvalue weighted by atomic mass is 32.1. The van der Waals surface area contributed by atoms with Crippen molar-refractivity contribution < 1.29 is 19.1 Å². The fourth-order valence-corrected chi connectivity index (χ4v) is 3.48. The van der Waals surface area contributed by atoms with Gasteiger partial charge in [-0.2, -0.15) is 4.37 Å². The molecule has 0 radical (unpaired) electrons. The van der Waals surface area contributed by atoms with Gasteiger partial charge in [0.1, 0.15) is 10.6 Å². The number of nitrogens with zero attached hydrogens (tertiary/aromatic N) is 1. The number of rotatable bonds is 7. The highest BCUT2D eigenvalue weighted by Gasteiger charge is 2.23. The zero-order chi connectivity index (χ0) is 19.2. The summed E-state index contributed by atoms with van der Waals surface area (Å²) < 4.78 is 14.7. The number of methoxy groups -OCH3 is 1. The number of benzene rings is 1. The van der Waals surface area contributed by atoms with Crippen LogP contribution in [0.1, 0.15) is 38.6 Å². The Kier molecular flexibility index (Phi) is 6.25. The normalized spacial score (nSPS) is 16.1. The van der Waals surface area contributed by atoms with Gasteiger partial charge in [0.25, 0.3) is 11.8 Å². The van der Waals surface area contributed by atoms with Gasteiger partial charge in [-0.25, -0.2) is 0 Å². The number of aromatic nitrogens is 1. The van der Waals surface area contributed by atoms with Crippen LogP contribution in [-0.2, 0) is 11.3 Å². The summed E-state index contributed by atoms with van der Waals surface area (Å²) in [5.74, 6) is -0.0581. The van der Waals surface area contributed by atoms with Crippen LogP contribution in [-0.4, -0.2) is 42.6 Å². The minimum Gasteiger partial charge on any atom is -0.497 e. The van der Waals surface area contributed by atoms with E-state index in [0.29, 0.717) is 18.8 Å². The van der Waals surface area contributed by atoms with Crippen molar-refractivity contribution in [1.29, 1.82) is 0 Å². The van der Waals surface area contributed by atoms with Crippen LogP contribution >= 0.6 is 11.5 Å². The Morgan fingerprint density at radius 1 is 1.37 bits per heavy atom. The number of amides is 2. The van der Waals surface area contributed by atoms with Crippen LogP contribution < -0.4 is 21.1 Å². The van der Waals surface area contributed by atoms with Crippen molar-refractivity contribution in [3.05, 3.63) is 40.4 Å². The molecule has 9 heteroatoms.